The van der Waals surface area contributed by atoms with E-state index in [1.165, 1.54) is 32.9 Å². The fraction of sp³-hybridized carbons (Fsp3) is 0.667. The van der Waals surface area contributed by atoms with Crippen LogP contribution in [0.25, 0.3) is 0 Å². The molecule has 0 spiro atoms. The Morgan fingerprint density at radius 2 is 1.53 bits per heavy atom. The van der Waals surface area contributed by atoms with Crippen molar-refractivity contribution in [3.05, 3.63) is 24.3 Å². The summed E-state index contributed by atoms with van der Waals surface area (Å²) in [6.45, 7) is 11.0. The molecule has 2 amide bonds. The Morgan fingerprint density at radius 3 is 2.06 bits per heavy atom. The lowest BCUT2D eigenvalue weighted by Gasteiger charge is -2.43. The Morgan fingerprint density at radius 1 is 0.972 bits per heavy atom. The molecule has 2 aliphatic heterocycles. The van der Waals surface area contributed by atoms with Gasteiger partial charge in [-0.15, -0.1) is 0 Å². The molecule has 36 heavy (non-hydrogen) atoms. The monoisotopic (exact) mass is 542 g/mol. The van der Waals surface area contributed by atoms with Crippen LogP contribution in [0.2, 0.25) is 0 Å². The molecule has 1 atom stereocenters. The minimum Gasteiger partial charge on any atom is -0.350 e. The van der Waals surface area contributed by atoms with Gasteiger partial charge in [-0.2, -0.15) is 8.61 Å². The fourth-order valence-corrected chi connectivity index (χ4v) is 7.53. The third-order valence-corrected chi connectivity index (χ3v) is 10.7. The summed E-state index contributed by atoms with van der Waals surface area (Å²) in [5.41, 5.74) is -0.471. The molecule has 12 heteroatoms. The van der Waals surface area contributed by atoms with Gasteiger partial charge in [0.2, 0.25) is 31.9 Å². The Labute approximate surface area is 215 Å². The average Bonchev–Trinajstić information content (AvgIpc) is 2.80. The normalized spacial score (nSPS) is 20.3. The minimum absolute atomic E-state index is 0.00242. The highest BCUT2D eigenvalue weighted by molar-refractivity contribution is 7.89. The van der Waals surface area contributed by atoms with Crippen LogP contribution in [-0.4, -0.2) is 87.5 Å². The van der Waals surface area contributed by atoms with Crippen molar-refractivity contribution in [1.82, 2.24) is 18.8 Å². The molecule has 0 bridgehead atoms. The standard InChI is InChI=1S/C24H38N4O6S2/c1-6-27(7-2)35(31,32)20-10-12-21(13-11-20)36(33,34)28-14-8-9-18(15-28)22(29)25-19-16-26(17-19)23(30)24(3,4)5/h10-13,18-19H,6-9,14-17H2,1-5H3,(H,25,29)/t18-/m1/s1. The van der Waals surface area contributed by atoms with Gasteiger partial charge in [0.05, 0.1) is 21.8 Å². The number of piperidine rings is 1. The molecule has 3 rings (SSSR count). The number of rotatable bonds is 8. The van der Waals surface area contributed by atoms with Crippen molar-refractivity contribution in [2.45, 2.75) is 63.3 Å². The second-order valence-electron chi connectivity index (χ2n) is 10.4. The van der Waals surface area contributed by atoms with Gasteiger partial charge in [0.1, 0.15) is 0 Å². The highest BCUT2D eigenvalue weighted by atomic mass is 32.2. The van der Waals surface area contributed by atoms with Crippen LogP contribution in [-0.2, 0) is 29.6 Å². The van der Waals surface area contributed by atoms with Crippen molar-refractivity contribution in [3.8, 4) is 0 Å². The Kier molecular flexibility index (Phi) is 8.54. The van der Waals surface area contributed by atoms with E-state index in [4.69, 9.17) is 0 Å². The maximum Gasteiger partial charge on any atom is 0.243 e. The smallest absolute Gasteiger partial charge is 0.243 e. The Bertz CT molecular complexity index is 1170. The number of carbonyl (C=O) groups excluding carboxylic acids is 2. The van der Waals surface area contributed by atoms with Crippen molar-refractivity contribution in [2.24, 2.45) is 11.3 Å². The average molecular weight is 543 g/mol. The molecule has 2 heterocycles. The number of nitrogens with one attached hydrogen (secondary N) is 1. The van der Waals surface area contributed by atoms with Crippen molar-refractivity contribution >= 4 is 31.9 Å². The molecule has 2 aliphatic rings. The largest absolute Gasteiger partial charge is 0.350 e. The van der Waals surface area contributed by atoms with Crippen LogP contribution in [0.15, 0.2) is 34.1 Å². The van der Waals surface area contributed by atoms with E-state index in [-0.39, 0.29) is 34.2 Å². The van der Waals surface area contributed by atoms with Crippen LogP contribution in [0.1, 0.15) is 47.5 Å². The summed E-state index contributed by atoms with van der Waals surface area (Å²) in [5, 5.41) is 2.95. The summed E-state index contributed by atoms with van der Waals surface area (Å²) < 4.78 is 54.5. The topological polar surface area (TPSA) is 124 Å². The molecule has 1 aromatic rings. The van der Waals surface area contributed by atoms with Crippen LogP contribution >= 0.6 is 0 Å². The maximum absolute atomic E-state index is 13.3. The van der Waals surface area contributed by atoms with E-state index in [1.807, 2.05) is 20.8 Å². The molecule has 1 aromatic carbocycles. The van der Waals surface area contributed by atoms with E-state index in [0.29, 0.717) is 45.6 Å². The van der Waals surface area contributed by atoms with Crippen LogP contribution in [0.3, 0.4) is 0 Å². The molecule has 0 aromatic heterocycles. The van der Waals surface area contributed by atoms with E-state index in [1.54, 1.807) is 18.7 Å². The number of benzene rings is 1. The summed E-state index contributed by atoms with van der Waals surface area (Å²) >= 11 is 0. The van der Waals surface area contributed by atoms with Gasteiger partial charge in [0, 0.05) is 44.7 Å². The Hall–Kier alpha value is -2.02. The van der Waals surface area contributed by atoms with E-state index >= 15 is 0 Å². The molecular formula is C24H38N4O6S2. The third-order valence-electron chi connectivity index (χ3n) is 6.72. The highest BCUT2D eigenvalue weighted by Gasteiger charge is 2.39. The van der Waals surface area contributed by atoms with E-state index < -0.39 is 31.4 Å². The van der Waals surface area contributed by atoms with Gasteiger partial charge < -0.3 is 10.2 Å². The number of amides is 2. The molecule has 0 saturated carbocycles. The minimum atomic E-state index is -3.89. The molecule has 0 unspecified atom stereocenters. The summed E-state index contributed by atoms with van der Waals surface area (Å²) in [4.78, 5) is 26.9. The molecule has 202 valence electrons. The first-order chi connectivity index (χ1) is 16.7. The molecule has 1 N–H and O–H groups in total. The predicted molar refractivity (Wildman–Crippen MR) is 136 cm³/mol. The molecular weight excluding hydrogens is 504 g/mol. The van der Waals surface area contributed by atoms with Crippen molar-refractivity contribution < 1.29 is 26.4 Å². The zero-order valence-corrected chi connectivity index (χ0v) is 23.4. The summed E-state index contributed by atoms with van der Waals surface area (Å²) in [6, 6.07) is 5.12. The molecule has 2 saturated heterocycles. The quantitative estimate of drug-likeness (QED) is 0.531. The summed E-state index contributed by atoms with van der Waals surface area (Å²) in [5.74, 6) is -0.648. The zero-order chi connectivity index (χ0) is 26.9. The lowest BCUT2D eigenvalue weighted by Crippen LogP contribution is -2.63. The third kappa shape index (κ3) is 5.92. The van der Waals surface area contributed by atoms with Gasteiger partial charge in [-0.05, 0) is 37.1 Å². The SMILES string of the molecule is CCN(CC)S(=O)(=O)c1ccc(S(=O)(=O)N2CCC[C@@H](C(=O)NC3CN(C(=O)C(C)(C)C)C3)C2)cc1. The first kappa shape index (κ1) is 28.5. The number of hydrogen-bond donors (Lipinski definition) is 1. The second-order valence-corrected chi connectivity index (χ2v) is 14.3. The number of nitrogens with zero attached hydrogens (tertiary/aromatic N) is 3. The van der Waals surface area contributed by atoms with Crippen LogP contribution < -0.4 is 5.32 Å². The second kappa shape index (κ2) is 10.8. The molecule has 10 nitrogen and oxygen atoms in total. The number of hydrogen-bond acceptors (Lipinski definition) is 6. The van der Waals surface area contributed by atoms with Crippen molar-refractivity contribution in [1.29, 1.82) is 0 Å². The van der Waals surface area contributed by atoms with Crippen LogP contribution in [0.5, 0.6) is 0 Å². The highest BCUT2D eigenvalue weighted by Crippen LogP contribution is 2.26. The number of sulfonamides is 2. The van der Waals surface area contributed by atoms with Crippen molar-refractivity contribution in [3.63, 3.8) is 0 Å². The van der Waals surface area contributed by atoms with Crippen LogP contribution in [0, 0.1) is 11.3 Å². The number of likely N-dealkylation sites (tertiary alicyclic amines) is 1. The van der Waals surface area contributed by atoms with Gasteiger partial charge in [-0.1, -0.05) is 34.6 Å². The van der Waals surface area contributed by atoms with Gasteiger partial charge in [-0.25, -0.2) is 16.8 Å². The molecule has 2 fully saturated rings. The van der Waals surface area contributed by atoms with E-state index in [2.05, 4.69) is 5.32 Å². The van der Waals surface area contributed by atoms with Crippen molar-refractivity contribution in [2.75, 3.05) is 39.3 Å². The van der Waals surface area contributed by atoms with Gasteiger partial charge in [0.25, 0.3) is 0 Å². The van der Waals surface area contributed by atoms with Gasteiger partial charge >= 0.3 is 0 Å². The van der Waals surface area contributed by atoms with Crippen LogP contribution in [0.4, 0.5) is 0 Å². The lowest BCUT2D eigenvalue weighted by molar-refractivity contribution is -0.146. The maximum atomic E-state index is 13.3. The predicted octanol–water partition coefficient (Wildman–Crippen LogP) is 1.49. The van der Waals surface area contributed by atoms with Gasteiger partial charge in [-0.3, -0.25) is 9.59 Å². The molecule has 0 aliphatic carbocycles. The summed E-state index contributed by atoms with van der Waals surface area (Å²) in [6.07, 6.45) is 1.13. The lowest BCUT2D eigenvalue weighted by atomic mass is 9.92. The summed E-state index contributed by atoms with van der Waals surface area (Å²) in [7, 11) is -7.57. The first-order valence-electron chi connectivity index (χ1n) is 12.4. The Balaban J connectivity index is 1.63. The molecule has 0 radical (unpaired) electrons. The van der Waals surface area contributed by atoms with E-state index in [9.17, 15) is 26.4 Å². The number of carbonyl (C=O) groups is 2. The van der Waals surface area contributed by atoms with E-state index in [0.717, 1.165) is 0 Å². The first-order valence-corrected chi connectivity index (χ1v) is 15.3. The zero-order valence-electron chi connectivity index (χ0n) is 21.7. The fourth-order valence-electron chi connectivity index (χ4n) is 4.55. The van der Waals surface area contributed by atoms with Gasteiger partial charge in [0.15, 0.2) is 0 Å².